The number of carbonyl (C=O) groups excluding carboxylic acids is 1. The van der Waals surface area contributed by atoms with Gasteiger partial charge in [-0.25, -0.2) is 4.98 Å². The number of hydrogen-bond acceptors (Lipinski definition) is 4. The number of amides is 1. The highest BCUT2D eigenvalue weighted by Crippen LogP contribution is 2.20. The van der Waals surface area contributed by atoms with E-state index >= 15 is 0 Å². The molecule has 3 aromatic rings. The van der Waals surface area contributed by atoms with E-state index in [1.54, 1.807) is 12.4 Å². The molecule has 0 unspecified atom stereocenters. The number of nitrogens with one attached hydrogen (secondary N) is 1. The molecule has 0 atom stereocenters. The summed E-state index contributed by atoms with van der Waals surface area (Å²) in [5.41, 5.74) is 1.52. The van der Waals surface area contributed by atoms with Crippen LogP contribution in [0.3, 0.4) is 0 Å². The number of nitrogens with zero attached hydrogens (tertiary/aromatic N) is 4. The number of hydrogen-bond donors (Lipinski definition) is 1. The van der Waals surface area contributed by atoms with Gasteiger partial charge in [-0.3, -0.25) is 4.79 Å². The number of anilines is 1. The average molecular weight is 293 g/mol. The molecule has 22 heavy (non-hydrogen) atoms. The molecular weight excluding hydrogens is 278 g/mol. The van der Waals surface area contributed by atoms with Crippen molar-refractivity contribution in [3.63, 3.8) is 0 Å². The van der Waals surface area contributed by atoms with Crippen LogP contribution < -0.4 is 10.2 Å². The molecule has 1 fully saturated rings. The molecule has 1 aliphatic heterocycles. The lowest BCUT2D eigenvalue weighted by Crippen LogP contribution is -2.60. The van der Waals surface area contributed by atoms with Crippen LogP contribution in [0.2, 0.25) is 0 Å². The Hall–Kier alpha value is -2.89. The van der Waals surface area contributed by atoms with Crippen LogP contribution >= 0.6 is 0 Å². The lowest BCUT2D eigenvalue weighted by atomic mass is 10.1. The number of carbonyl (C=O) groups is 1. The molecule has 0 aliphatic carbocycles. The van der Waals surface area contributed by atoms with Crippen LogP contribution in [-0.2, 0) is 0 Å². The first-order valence-corrected chi connectivity index (χ1v) is 7.21. The fourth-order valence-electron chi connectivity index (χ4n) is 2.68. The van der Waals surface area contributed by atoms with Gasteiger partial charge >= 0.3 is 0 Å². The molecule has 6 heteroatoms. The van der Waals surface area contributed by atoms with Crippen molar-refractivity contribution in [3.8, 4) is 0 Å². The first-order chi connectivity index (χ1) is 10.8. The van der Waals surface area contributed by atoms with Crippen LogP contribution in [0.1, 0.15) is 10.4 Å². The van der Waals surface area contributed by atoms with E-state index in [9.17, 15) is 4.79 Å². The second-order valence-electron chi connectivity index (χ2n) is 5.35. The molecule has 3 heterocycles. The van der Waals surface area contributed by atoms with Crippen molar-refractivity contribution in [3.05, 3.63) is 60.4 Å². The number of fused-ring (bicyclic) bond motifs is 1. The van der Waals surface area contributed by atoms with E-state index in [0.717, 1.165) is 24.6 Å². The molecule has 0 radical (unpaired) electrons. The molecule has 1 aromatic carbocycles. The van der Waals surface area contributed by atoms with Crippen molar-refractivity contribution in [2.24, 2.45) is 0 Å². The van der Waals surface area contributed by atoms with Gasteiger partial charge in [-0.15, -0.1) is 0 Å². The maximum atomic E-state index is 12.1. The third-order valence-corrected chi connectivity index (χ3v) is 3.85. The van der Waals surface area contributed by atoms with E-state index < -0.39 is 0 Å². The monoisotopic (exact) mass is 293 g/mol. The zero-order valence-electron chi connectivity index (χ0n) is 11.9. The summed E-state index contributed by atoms with van der Waals surface area (Å²) in [6.45, 7) is 1.55. The molecule has 1 saturated heterocycles. The van der Waals surface area contributed by atoms with E-state index in [1.807, 2.05) is 47.0 Å². The maximum Gasteiger partial charge on any atom is 0.251 e. The topological polar surface area (TPSA) is 62.5 Å². The van der Waals surface area contributed by atoms with Gasteiger partial charge in [0.1, 0.15) is 5.82 Å². The second-order valence-corrected chi connectivity index (χ2v) is 5.35. The Morgan fingerprint density at radius 2 is 1.91 bits per heavy atom. The average Bonchev–Trinajstić information content (AvgIpc) is 3.00. The summed E-state index contributed by atoms with van der Waals surface area (Å²) >= 11 is 0. The van der Waals surface area contributed by atoms with Crippen molar-refractivity contribution in [2.45, 2.75) is 6.04 Å². The van der Waals surface area contributed by atoms with Crippen LogP contribution in [0.25, 0.3) is 5.65 Å². The lowest BCUT2D eigenvalue weighted by Gasteiger charge is -2.40. The second kappa shape index (κ2) is 5.14. The summed E-state index contributed by atoms with van der Waals surface area (Å²) in [5, 5.41) is 7.33. The van der Waals surface area contributed by atoms with Crippen LogP contribution in [-0.4, -0.2) is 39.6 Å². The van der Waals surface area contributed by atoms with E-state index in [-0.39, 0.29) is 11.9 Å². The molecule has 1 N–H and O–H groups in total. The van der Waals surface area contributed by atoms with Crippen LogP contribution in [0.4, 0.5) is 5.82 Å². The Labute approximate surface area is 127 Å². The molecule has 0 saturated carbocycles. The number of benzene rings is 1. The summed E-state index contributed by atoms with van der Waals surface area (Å²) in [6.07, 6.45) is 3.52. The highest BCUT2D eigenvalue weighted by molar-refractivity contribution is 5.94. The molecule has 2 aromatic heterocycles. The fourth-order valence-corrected chi connectivity index (χ4v) is 2.68. The van der Waals surface area contributed by atoms with Crippen LogP contribution in [0, 0.1) is 0 Å². The minimum Gasteiger partial charge on any atom is -0.352 e. The number of rotatable bonds is 3. The summed E-state index contributed by atoms with van der Waals surface area (Å²) < 4.78 is 1.81. The third kappa shape index (κ3) is 2.18. The summed E-state index contributed by atoms with van der Waals surface area (Å²) in [4.78, 5) is 18.5. The fraction of sp³-hybridized carbons (Fsp3) is 0.188. The largest absolute Gasteiger partial charge is 0.352 e. The van der Waals surface area contributed by atoms with Gasteiger partial charge < -0.3 is 10.2 Å². The van der Waals surface area contributed by atoms with Gasteiger partial charge in [-0.2, -0.15) is 9.61 Å². The Balaban J connectivity index is 1.42. The first-order valence-electron chi connectivity index (χ1n) is 7.21. The molecule has 110 valence electrons. The SMILES string of the molecule is O=C(NC1CN(c2ccnc3ccnn23)C1)c1ccccc1. The van der Waals surface area contributed by atoms with Gasteiger partial charge in [0, 0.05) is 30.9 Å². The Bertz CT molecular complexity index is 808. The smallest absolute Gasteiger partial charge is 0.251 e. The molecular formula is C16H15N5O. The van der Waals surface area contributed by atoms with Gasteiger partial charge in [-0.1, -0.05) is 18.2 Å². The Morgan fingerprint density at radius 1 is 1.09 bits per heavy atom. The minimum atomic E-state index is -0.0239. The lowest BCUT2D eigenvalue weighted by molar-refractivity contribution is 0.0930. The summed E-state index contributed by atoms with van der Waals surface area (Å²) in [7, 11) is 0. The van der Waals surface area contributed by atoms with Crippen molar-refractivity contribution in [1.29, 1.82) is 0 Å². The van der Waals surface area contributed by atoms with Crippen molar-refractivity contribution >= 4 is 17.4 Å². The third-order valence-electron chi connectivity index (χ3n) is 3.85. The zero-order chi connectivity index (χ0) is 14.9. The predicted octanol–water partition coefficient (Wildman–Crippen LogP) is 1.35. The van der Waals surface area contributed by atoms with E-state index in [2.05, 4.69) is 20.3 Å². The number of aromatic nitrogens is 3. The first kappa shape index (κ1) is 12.8. The van der Waals surface area contributed by atoms with Gasteiger partial charge in [0.05, 0.1) is 12.2 Å². The van der Waals surface area contributed by atoms with Crippen LogP contribution in [0.15, 0.2) is 54.9 Å². The summed E-state index contributed by atoms with van der Waals surface area (Å²) in [5.74, 6) is 0.976. The normalized spacial score (nSPS) is 14.8. The molecule has 1 amide bonds. The van der Waals surface area contributed by atoms with Gasteiger partial charge in [0.15, 0.2) is 5.65 Å². The zero-order valence-corrected chi connectivity index (χ0v) is 11.9. The molecule has 6 nitrogen and oxygen atoms in total. The maximum absolute atomic E-state index is 12.1. The quantitative estimate of drug-likeness (QED) is 0.792. The van der Waals surface area contributed by atoms with E-state index in [4.69, 9.17) is 0 Å². The highest BCUT2D eigenvalue weighted by Gasteiger charge is 2.30. The molecule has 1 aliphatic rings. The molecule has 0 spiro atoms. The van der Waals surface area contributed by atoms with Crippen LogP contribution in [0.5, 0.6) is 0 Å². The van der Waals surface area contributed by atoms with E-state index in [1.165, 1.54) is 0 Å². The van der Waals surface area contributed by atoms with E-state index in [0.29, 0.717) is 5.56 Å². The molecule has 0 bridgehead atoms. The van der Waals surface area contributed by atoms with Gasteiger partial charge in [-0.05, 0) is 18.2 Å². The standard InChI is InChI=1S/C16H15N5O/c22-16(12-4-2-1-3-5-12)19-13-10-20(11-13)15-7-8-17-14-6-9-18-21(14)15/h1-9,13H,10-11H2,(H,19,22). The van der Waals surface area contributed by atoms with Crippen molar-refractivity contribution in [2.75, 3.05) is 18.0 Å². The highest BCUT2D eigenvalue weighted by atomic mass is 16.1. The summed E-state index contributed by atoms with van der Waals surface area (Å²) in [6, 6.07) is 13.3. The van der Waals surface area contributed by atoms with Crippen molar-refractivity contribution < 1.29 is 4.79 Å². The van der Waals surface area contributed by atoms with Crippen molar-refractivity contribution in [1.82, 2.24) is 19.9 Å². The predicted molar refractivity (Wildman–Crippen MR) is 82.9 cm³/mol. The Morgan fingerprint density at radius 3 is 2.73 bits per heavy atom. The van der Waals surface area contributed by atoms with Gasteiger partial charge in [0.25, 0.3) is 5.91 Å². The Kier molecular flexibility index (Phi) is 3.00. The van der Waals surface area contributed by atoms with Gasteiger partial charge in [0.2, 0.25) is 0 Å². The minimum absolute atomic E-state index is 0.0239. The molecule has 4 rings (SSSR count).